The van der Waals surface area contributed by atoms with Crippen molar-refractivity contribution in [3.63, 3.8) is 0 Å². The molecule has 0 nitrogen and oxygen atoms in total. The molecule has 1 aromatic carbocycles. The molecule has 0 unspecified atom stereocenters. The van der Waals surface area contributed by atoms with Crippen LogP contribution in [-0.2, 0) is 12.4 Å². The normalized spacial score (nSPS) is 13.1. The summed E-state index contributed by atoms with van der Waals surface area (Å²) in [6.07, 6.45) is -9.51. The fourth-order valence-electron chi connectivity index (χ4n) is 1.97. The van der Waals surface area contributed by atoms with Crippen molar-refractivity contribution in [2.45, 2.75) is 38.3 Å². The van der Waals surface area contributed by atoms with Crippen LogP contribution >= 0.6 is 0 Å². The second-order valence-corrected chi connectivity index (χ2v) is 8.05. The molecule has 0 aromatic heterocycles. The molecule has 0 fully saturated rings. The van der Waals surface area contributed by atoms with Crippen molar-refractivity contribution in [3.05, 3.63) is 29.3 Å². The smallest absolute Gasteiger partial charge is 0.166 e. The number of hydrogen-bond donors (Lipinski definition) is 0. The molecule has 1 rings (SSSR count). The van der Waals surface area contributed by atoms with Gasteiger partial charge in [-0.2, -0.15) is 26.3 Å². The average Bonchev–Trinajstić information content (AvgIpc) is 2.28. The van der Waals surface area contributed by atoms with E-state index < -0.39 is 32.3 Å². The van der Waals surface area contributed by atoms with E-state index in [1.54, 1.807) is 13.8 Å². The first-order chi connectivity index (χ1) is 8.59. The zero-order valence-electron chi connectivity index (χ0n) is 10.5. The van der Waals surface area contributed by atoms with E-state index in [2.05, 4.69) is 0 Å². The molecule has 0 N–H and O–H groups in total. The third-order valence-electron chi connectivity index (χ3n) is 3.07. The minimum Gasteiger partial charge on any atom is -0.166 e. The lowest BCUT2D eigenvalue weighted by molar-refractivity contribution is -0.142. The first-order valence-electron chi connectivity index (χ1n) is 5.89. The SMILES string of the molecule is CC[SiH](CC)c1cc(C(F)(F)F)cc(C(F)(F)F)c1. The Balaban J connectivity index is 3.41. The van der Waals surface area contributed by atoms with Crippen molar-refractivity contribution >= 4 is 14.0 Å². The van der Waals surface area contributed by atoms with Gasteiger partial charge in [0.15, 0.2) is 0 Å². The maximum absolute atomic E-state index is 12.7. The monoisotopic (exact) mass is 300 g/mol. The zero-order valence-corrected chi connectivity index (χ0v) is 11.6. The Bertz CT molecular complexity index is 399. The Kier molecular flexibility index (Phi) is 4.70. The molecule has 0 aliphatic heterocycles. The molecule has 0 aliphatic carbocycles. The summed E-state index contributed by atoms with van der Waals surface area (Å²) in [5.41, 5.74) is -2.42. The lowest BCUT2D eigenvalue weighted by Crippen LogP contribution is -2.31. The van der Waals surface area contributed by atoms with Gasteiger partial charge >= 0.3 is 12.4 Å². The van der Waals surface area contributed by atoms with Crippen LogP contribution in [0.25, 0.3) is 0 Å². The van der Waals surface area contributed by atoms with Gasteiger partial charge in [-0.15, -0.1) is 0 Å². The number of rotatable bonds is 3. The third-order valence-corrected chi connectivity index (χ3v) is 6.31. The van der Waals surface area contributed by atoms with E-state index in [0.29, 0.717) is 12.1 Å². The standard InChI is InChI=1S/C12H14F6Si/c1-3-19(4-2)10-6-8(11(13,14)15)5-9(7-10)12(16,17)18/h5-7,19H,3-4H2,1-2H3. The highest BCUT2D eigenvalue weighted by Gasteiger charge is 2.37. The van der Waals surface area contributed by atoms with Gasteiger partial charge in [0.25, 0.3) is 0 Å². The summed E-state index contributed by atoms with van der Waals surface area (Å²) in [6, 6.07) is 3.20. The minimum absolute atomic E-state index is 0.181. The summed E-state index contributed by atoms with van der Waals surface area (Å²) in [7, 11) is -1.75. The molecule has 0 saturated carbocycles. The van der Waals surface area contributed by atoms with Crippen molar-refractivity contribution in [2.24, 2.45) is 0 Å². The lowest BCUT2D eigenvalue weighted by Gasteiger charge is -2.17. The van der Waals surface area contributed by atoms with E-state index >= 15 is 0 Å². The molecule has 0 spiro atoms. The number of hydrogen-bond acceptors (Lipinski definition) is 0. The largest absolute Gasteiger partial charge is 0.416 e. The molecular formula is C12H14F6Si. The van der Waals surface area contributed by atoms with Crippen LogP contribution in [0, 0.1) is 0 Å². The van der Waals surface area contributed by atoms with Crippen molar-refractivity contribution in [1.82, 2.24) is 0 Å². The van der Waals surface area contributed by atoms with E-state index in [-0.39, 0.29) is 11.3 Å². The highest BCUT2D eigenvalue weighted by molar-refractivity contribution is 6.73. The minimum atomic E-state index is -4.75. The molecule has 0 radical (unpaired) electrons. The predicted octanol–water partition coefficient (Wildman–Crippen LogP) is 4.20. The van der Waals surface area contributed by atoms with Crippen LogP contribution in [0.3, 0.4) is 0 Å². The molecule has 0 heterocycles. The highest BCUT2D eigenvalue weighted by atomic mass is 28.3. The fraction of sp³-hybridized carbons (Fsp3) is 0.500. The first kappa shape index (κ1) is 16.1. The number of alkyl halides is 6. The van der Waals surface area contributed by atoms with Gasteiger partial charge in [0.1, 0.15) is 0 Å². The number of benzene rings is 1. The molecule has 0 aliphatic rings. The molecule has 1 aromatic rings. The summed E-state index contributed by atoms with van der Waals surface area (Å²) < 4.78 is 75.9. The summed E-state index contributed by atoms with van der Waals surface area (Å²) in [6.45, 7) is 3.60. The topological polar surface area (TPSA) is 0 Å². The summed E-state index contributed by atoms with van der Waals surface area (Å²) in [5.74, 6) is 0. The highest BCUT2D eigenvalue weighted by Crippen LogP contribution is 2.34. The molecule has 7 heteroatoms. The quantitative estimate of drug-likeness (QED) is 0.580. The molecular weight excluding hydrogens is 286 g/mol. The molecule has 0 bridgehead atoms. The Morgan fingerprint density at radius 3 is 1.42 bits per heavy atom. The van der Waals surface area contributed by atoms with Crippen LogP contribution in [0.1, 0.15) is 25.0 Å². The Morgan fingerprint density at radius 1 is 0.789 bits per heavy atom. The van der Waals surface area contributed by atoms with E-state index in [4.69, 9.17) is 0 Å². The van der Waals surface area contributed by atoms with Crippen LogP contribution in [0.5, 0.6) is 0 Å². The first-order valence-corrected chi connectivity index (χ1v) is 8.10. The second kappa shape index (κ2) is 5.56. The Labute approximate surface area is 109 Å². The van der Waals surface area contributed by atoms with E-state index in [9.17, 15) is 26.3 Å². The van der Waals surface area contributed by atoms with Crippen molar-refractivity contribution in [1.29, 1.82) is 0 Å². The van der Waals surface area contributed by atoms with Gasteiger partial charge in [-0.3, -0.25) is 0 Å². The van der Waals surface area contributed by atoms with Crippen LogP contribution < -0.4 is 5.19 Å². The third kappa shape index (κ3) is 3.99. The predicted molar refractivity (Wildman–Crippen MR) is 64.2 cm³/mol. The van der Waals surface area contributed by atoms with Gasteiger partial charge in [0, 0.05) is 0 Å². The van der Waals surface area contributed by atoms with Crippen molar-refractivity contribution in [3.8, 4) is 0 Å². The van der Waals surface area contributed by atoms with Crippen molar-refractivity contribution < 1.29 is 26.3 Å². The Morgan fingerprint density at radius 2 is 1.16 bits per heavy atom. The van der Waals surface area contributed by atoms with Crippen LogP contribution in [0.4, 0.5) is 26.3 Å². The molecule has 0 amide bonds. The van der Waals surface area contributed by atoms with Crippen LogP contribution in [0.15, 0.2) is 18.2 Å². The van der Waals surface area contributed by atoms with E-state index in [0.717, 1.165) is 12.1 Å². The van der Waals surface area contributed by atoms with Gasteiger partial charge in [-0.1, -0.05) is 43.3 Å². The molecule has 0 atom stereocenters. The van der Waals surface area contributed by atoms with Gasteiger partial charge in [-0.05, 0) is 6.07 Å². The zero-order chi connectivity index (χ0) is 14.8. The van der Waals surface area contributed by atoms with Crippen molar-refractivity contribution in [2.75, 3.05) is 0 Å². The molecule has 0 saturated heterocycles. The molecule has 19 heavy (non-hydrogen) atoms. The summed E-state index contributed by atoms with van der Waals surface area (Å²) in [5, 5.41) is 0.229. The maximum atomic E-state index is 12.7. The van der Waals surface area contributed by atoms with E-state index in [1.165, 1.54) is 0 Å². The van der Waals surface area contributed by atoms with Gasteiger partial charge in [0.05, 0.1) is 19.9 Å². The fourth-order valence-corrected chi connectivity index (χ4v) is 4.33. The molecule has 108 valence electrons. The van der Waals surface area contributed by atoms with Gasteiger partial charge < -0.3 is 0 Å². The summed E-state index contributed by atoms with van der Waals surface area (Å²) in [4.78, 5) is 0. The van der Waals surface area contributed by atoms with Gasteiger partial charge in [0.2, 0.25) is 0 Å². The lowest BCUT2D eigenvalue weighted by atomic mass is 10.1. The second-order valence-electron chi connectivity index (χ2n) is 4.35. The number of halogens is 6. The van der Waals surface area contributed by atoms with E-state index in [1.807, 2.05) is 0 Å². The average molecular weight is 300 g/mol. The van der Waals surface area contributed by atoms with Crippen LogP contribution in [-0.4, -0.2) is 8.80 Å². The Hall–Kier alpha value is -0.983. The van der Waals surface area contributed by atoms with Gasteiger partial charge in [-0.25, -0.2) is 0 Å². The maximum Gasteiger partial charge on any atom is 0.416 e. The van der Waals surface area contributed by atoms with Crippen LogP contribution in [0.2, 0.25) is 12.1 Å². The summed E-state index contributed by atoms with van der Waals surface area (Å²) >= 11 is 0.